The normalized spacial score (nSPS) is 22.2. The molecule has 0 spiro atoms. The third-order valence-electron chi connectivity index (χ3n) is 3.97. The second-order valence-corrected chi connectivity index (χ2v) is 5.45. The van der Waals surface area contributed by atoms with Gasteiger partial charge < -0.3 is 28.7 Å². The van der Waals surface area contributed by atoms with E-state index in [1.165, 1.54) is 0 Å². The van der Waals surface area contributed by atoms with Crippen LogP contribution in [0.1, 0.15) is 0 Å². The molecular formula is C14H30N2O4+2. The predicted octanol–water partition coefficient (Wildman–Crippen LogP) is -3.15. The van der Waals surface area contributed by atoms with E-state index < -0.39 is 0 Å². The molecule has 0 amide bonds. The summed E-state index contributed by atoms with van der Waals surface area (Å²) >= 11 is 0. The second kappa shape index (κ2) is 10.5. The number of nitrogens with one attached hydrogen (secondary N) is 2. The number of hydrogen-bond acceptors (Lipinski definition) is 4. The summed E-state index contributed by atoms with van der Waals surface area (Å²) in [5, 5.41) is 0. The molecule has 2 fully saturated rings. The highest BCUT2D eigenvalue weighted by atomic mass is 16.5. The fourth-order valence-electron chi connectivity index (χ4n) is 2.58. The molecule has 0 unspecified atom stereocenters. The van der Waals surface area contributed by atoms with Crippen molar-refractivity contribution >= 4 is 0 Å². The van der Waals surface area contributed by atoms with Crippen molar-refractivity contribution < 1.29 is 28.7 Å². The van der Waals surface area contributed by atoms with Gasteiger partial charge in [-0.2, -0.15) is 0 Å². The number of morpholine rings is 2. The maximum Gasteiger partial charge on any atom is 0.101 e. The highest BCUT2D eigenvalue weighted by Crippen LogP contribution is 1.79. The van der Waals surface area contributed by atoms with Gasteiger partial charge in [-0.15, -0.1) is 0 Å². The number of hydrogen-bond donors (Lipinski definition) is 2. The number of rotatable bonds is 9. The Bertz CT molecular complexity index is 207. The molecule has 20 heavy (non-hydrogen) atoms. The molecule has 2 heterocycles. The van der Waals surface area contributed by atoms with Crippen LogP contribution in [0.3, 0.4) is 0 Å². The van der Waals surface area contributed by atoms with Gasteiger partial charge in [0.25, 0.3) is 0 Å². The van der Waals surface area contributed by atoms with Crippen LogP contribution in [-0.4, -0.2) is 92.1 Å². The van der Waals surface area contributed by atoms with Gasteiger partial charge in [0.05, 0.1) is 52.9 Å². The molecule has 118 valence electrons. The van der Waals surface area contributed by atoms with Gasteiger partial charge in [-0.1, -0.05) is 0 Å². The van der Waals surface area contributed by atoms with Crippen molar-refractivity contribution in [2.45, 2.75) is 0 Å². The zero-order valence-electron chi connectivity index (χ0n) is 12.5. The Balaban J connectivity index is 1.33. The summed E-state index contributed by atoms with van der Waals surface area (Å²) in [6, 6.07) is 0. The molecule has 0 aromatic rings. The van der Waals surface area contributed by atoms with Crippen LogP contribution in [0.15, 0.2) is 0 Å². The quantitative estimate of drug-likeness (QED) is 0.440. The third-order valence-corrected chi connectivity index (χ3v) is 3.97. The van der Waals surface area contributed by atoms with Crippen molar-refractivity contribution in [1.82, 2.24) is 0 Å². The van der Waals surface area contributed by atoms with Gasteiger partial charge in [-0.25, -0.2) is 0 Å². The first-order valence-corrected chi connectivity index (χ1v) is 7.93. The van der Waals surface area contributed by atoms with E-state index in [2.05, 4.69) is 0 Å². The topological polar surface area (TPSA) is 45.8 Å². The van der Waals surface area contributed by atoms with Crippen molar-refractivity contribution in [3.05, 3.63) is 0 Å². The lowest BCUT2D eigenvalue weighted by molar-refractivity contribution is -0.908. The average molecular weight is 290 g/mol. The largest absolute Gasteiger partial charge is 0.373 e. The zero-order chi connectivity index (χ0) is 13.9. The Kier molecular flexibility index (Phi) is 8.46. The SMILES string of the molecule is C(COCC[NH+]1CCOCC1)OCC[NH+]1CCOCC1. The minimum atomic E-state index is 0.711. The summed E-state index contributed by atoms with van der Waals surface area (Å²) in [5.41, 5.74) is 0. The lowest BCUT2D eigenvalue weighted by Crippen LogP contribution is -3.14. The maximum atomic E-state index is 5.61. The molecule has 0 aromatic heterocycles. The van der Waals surface area contributed by atoms with E-state index in [1.54, 1.807) is 9.80 Å². The molecule has 6 heteroatoms. The Hall–Kier alpha value is -0.240. The number of ether oxygens (including phenoxy) is 4. The zero-order valence-corrected chi connectivity index (χ0v) is 12.5. The molecule has 0 atom stereocenters. The summed E-state index contributed by atoms with van der Waals surface area (Å²) in [6.45, 7) is 13.3. The van der Waals surface area contributed by atoms with Crippen molar-refractivity contribution in [2.75, 3.05) is 92.1 Å². The standard InChI is InChI=1S/C14H28N2O4/c1-7-17-8-2-15(1)5-11-19-13-14-20-12-6-16-3-9-18-10-4-16/h1-14H2/p+2. The van der Waals surface area contributed by atoms with E-state index in [4.69, 9.17) is 18.9 Å². The van der Waals surface area contributed by atoms with E-state index in [1.807, 2.05) is 0 Å². The Morgan fingerprint density at radius 1 is 0.600 bits per heavy atom. The van der Waals surface area contributed by atoms with E-state index in [9.17, 15) is 0 Å². The summed E-state index contributed by atoms with van der Waals surface area (Å²) in [5.74, 6) is 0. The predicted molar refractivity (Wildman–Crippen MR) is 74.4 cm³/mol. The molecule has 0 aliphatic carbocycles. The molecule has 2 saturated heterocycles. The van der Waals surface area contributed by atoms with E-state index in [0.717, 1.165) is 78.9 Å². The van der Waals surface area contributed by atoms with Crippen LogP contribution in [0, 0.1) is 0 Å². The second-order valence-electron chi connectivity index (χ2n) is 5.45. The van der Waals surface area contributed by atoms with Gasteiger partial charge in [0.15, 0.2) is 0 Å². The van der Waals surface area contributed by atoms with Crippen LogP contribution in [-0.2, 0) is 18.9 Å². The van der Waals surface area contributed by atoms with E-state index >= 15 is 0 Å². The molecule has 6 nitrogen and oxygen atoms in total. The lowest BCUT2D eigenvalue weighted by atomic mass is 10.4. The summed E-state index contributed by atoms with van der Waals surface area (Å²) < 4.78 is 21.9. The Morgan fingerprint density at radius 3 is 1.40 bits per heavy atom. The van der Waals surface area contributed by atoms with Crippen molar-refractivity contribution in [1.29, 1.82) is 0 Å². The summed E-state index contributed by atoms with van der Waals surface area (Å²) in [4.78, 5) is 3.18. The summed E-state index contributed by atoms with van der Waals surface area (Å²) in [6.07, 6.45) is 0. The van der Waals surface area contributed by atoms with Gasteiger partial charge >= 0.3 is 0 Å². The molecular weight excluding hydrogens is 260 g/mol. The Morgan fingerprint density at radius 2 is 1.00 bits per heavy atom. The van der Waals surface area contributed by atoms with Crippen molar-refractivity contribution in [3.63, 3.8) is 0 Å². The molecule has 2 aliphatic rings. The fourth-order valence-corrected chi connectivity index (χ4v) is 2.58. The van der Waals surface area contributed by atoms with Crippen LogP contribution < -0.4 is 9.80 Å². The first-order chi connectivity index (χ1) is 9.95. The third kappa shape index (κ3) is 6.97. The van der Waals surface area contributed by atoms with E-state index in [-0.39, 0.29) is 0 Å². The Labute approximate surface area is 121 Å². The molecule has 2 N–H and O–H groups in total. The molecule has 0 saturated carbocycles. The average Bonchev–Trinajstić information content (AvgIpc) is 2.52. The van der Waals surface area contributed by atoms with Crippen LogP contribution >= 0.6 is 0 Å². The van der Waals surface area contributed by atoms with Crippen molar-refractivity contribution in [3.8, 4) is 0 Å². The van der Waals surface area contributed by atoms with Gasteiger partial charge in [0, 0.05) is 0 Å². The van der Waals surface area contributed by atoms with E-state index in [0.29, 0.717) is 13.2 Å². The molecule has 2 aliphatic heterocycles. The highest BCUT2D eigenvalue weighted by Gasteiger charge is 2.13. The first kappa shape index (κ1) is 16.1. The molecule has 0 aromatic carbocycles. The first-order valence-electron chi connectivity index (χ1n) is 7.93. The van der Waals surface area contributed by atoms with Gasteiger partial charge in [0.2, 0.25) is 0 Å². The highest BCUT2D eigenvalue weighted by molar-refractivity contribution is 4.41. The molecule has 0 bridgehead atoms. The van der Waals surface area contributed by atoms with Crippen LogP contribution in [0.25, 0.3) is 0 Å². The smallest absolute Gasteiger partial charge is 0.101 e. The minimum Gasteiger partial charge on any atom is -0.373 e. The lowest BCUT2D eigenvalue weighted by Gasteiger charge is -2.24. The van der Waals surface area contributed by atoms with Gasteiger partial charge in [-0.3, -0.25) is 0 Å². The fraction of sp³-hybridized carbons (Fsp3) is 1.00. The van der Waals surface area contributed by atoms with Crippen molar-refractivity contribution in [2.24, 2.45) is 0 Å². The van der Waals surface area contributed by atoms with Gasteiger partial charge in [0.1, 0.15) is 39.3 Å². The monoisotopic (exact) mass is 290 g/mol. The minimum absolute atomic E-state index is 0.711. The maximum absolute atomic E-state index is 5.61. The van der Waals surface area contributed by atoms with Crippen LogP contribution in [0.5, 0.6) is 0 Å². The summed E-state index contributed by atoms with van der Waals surface area (Å²) in [7, 11) is 0. The molecule has 0 radical (unpaired) electrons. The van der Waals surface area contributed by atoms with Crippen LogP contribution in [0.4, 0.5) is 0 Å². The van der Waals surface area contributed by atoms with Crippen LogP contribution in [0.2, 0.25) is 0 Å². The van der Waals surface area contributed by atoms with Gasteiger partial charge in [-0.05, 0) is 0 Å². The molecule has 2 rings (SSSR count). The number of quaternary nitrogens is 2.